The fraction of sp³-hybridized carbons (Fsp3) is 0.0759. The molecule has 10 aromatic carbocycles. The molecule has 10 heteroatoms. The standard InChI is InChI=1S/C42H34N2O4.C37H26N2O2/c1-42(2,3)48-41(47)44-38-28-35(39(45)26-34-18-10-16-32(24-34)22-20-30-12-6-4-7-13-30)27-36(29-38)40(46)43-37-19-11-17-33(25-37)23-21-31-14-8-5-9-15-31;38-34-25-32(36(40)23-31-15-7-13-29(21-31)19-17-27-9-3-1-4-10-27)24-33(26-34)37(41)39-35-16-8-14-30(22-35)20-18-28-11-5-2-6-12-28/h4-19,24-25,27-29H,26H2,1-3H3,(H,43,46)(H,44,47);1-16,21-22,24-26H,23,38H2,(H,39,41). The average molecular weight is 1160 g/mol. The Balaban J connectivity index is 0.000000214. The van der Waals surface area contributed by atoms with E-state index in [1.807, 2.05) is 188 Å². The molecule has 0 atom stereocenters. The van der Waals surface area contributed by atoms with Crippen LogP contribution in [0.5, 0.6) is 0 Å². The Hall–Kier alpha value is -12.2. The zero-order valence-electron chi connectivity index (χ0n) is 49.2. The monoisotopic (exact) mass is 1160 g/mol. The molecule has 0 aromatic heterocycles. The maximum absolute atomic E-state index is 13.6. The van der Waals surface area contributed by atoms with Gasteiger partial charge in [0.25, 0.3) is 11.8 Å². The molecule has 0 unspecified atom stereocenters. The number of ketones is 2. The first kappa shape index (κ1) is 61.4. The largest absolute Gasteiger partial charge is 0.444 e. The third kappa shape index (κ3) is 19.7. The molecule has 5 N–H and O–H groups in total. The minimum Gasteiger partial charge on any atom is -0.444 e. The van der Waals surface area contributed by atoms with Crippen molar-refractivity contribution < 1.29 is 28.7 Å². The lowest BCUT2D eigenvalue weighted by Crippen LogP contribution is -2.27. The highest BCUT2D eigenvalue weighted by atomic mass is 16.6. The Morgan fingerprint density at radius 3 is 1.04 bits per heavy atom. The number of Topliss-reactive ketones (excluding diaryl/α,β-unsaturated/α-hetero) is 2. The van der Waals surface area contributed by atoms with E-state index in [1.54, 1.807) is 75.4 Å². The molecule has 10 aromatic rings. The van der Waals surface area contributed by atoms with Crippen molar-refractivity contribution in [1.29, 1.82) is 0 Å². The molecule has 0 saturated carbocycles. The number of hydrogen-bond acceptors (Lipinski definition) is 7. The van der Waals surface area contributed by atoms with Gasteiger partial charge in [-0.1, -0.05) is 157 Å². The molecule has 10 nitrogen and oxygen atoms in total. The molecule has 0 spiro atoms. The molecular formula is C79H60N4O6. The molecule has 0 aliphatic rings. The third-order valence-corrected chi connectivity index (χ3v) is 13.0. The second-order valence-corrected chi connectivity index (χ2v) is 21.4. The van der Waals surface area contributed by atoms with E-state index in [9.17, 15) is 24.0 Å². The van der Waals surface area contributed by atoms with Crippen molar-refractivity contribution in [3.8, 4) is 47.4 Å². The van der Waals surface area contributed by atoms with E-state index in [2.05, 4.69) is 63.3 Å². The van der Waals surface area contributed by atoms with Crippen LogP contribution in [0.1, 0.15) is 118 Å². The summed E-state index contributed by atoms with van der Waals surface area (Å²) in [6, 6.07) is 77.6. The van der Waals surface area contributed by atoms with Crippen LogP contribution in [0.25, 0.3) is 0 Å². The SMILES string of the molecule is CC(C)(C)OC(=O)Nc1cc(C(=O)Cc2cccc(C#Cc3ccccc3)c2)cc(C(=O)Nc2cccc(C#Cc3ccccc3)c2)c1.Nc1cc(C(=O)Cc2cccc(C#Cc3ccccc3)c2)cc(C(=O)Nc2cccc(C#Cc3ccccc3)c2)c1. The van der Waals surface area contributed by atoms with Crippen LogP contribution in [-0.4, -0.2) is 35.1 Å². The van der Waals surface area contributed by atoms with Crippen LogP contribution < -0.4 is 21.7 Å². The summed E-state index contributed by atoms with van der Waals surface area (Å²) in [5.74, 6) is 23.8. The van der Waals surface area contributed by atoms with Crippen molar-refractivity contribution in [2.45, 2.75) is 39.2 Å². The first-order chi connectivity index (χ1) is 43.1. The maximum atomic E-state index is 13.6. The number of ether oxygens (including phenoxy) is 1. The highest BCUT2D eigenvalue weighted by Crippen LogP contribution is 2.23. The molecule has 0 saturated heterocycles. The molecule has 0 bridgehead atoms. The summed E-state index contributed by atoms with van der Waals surface area (Å²) in [4.78, 5) is 66.0. The molecule has 10 rings (SSSR count). The Bertz CT molecular complexity index is 4220. The van der Waals surface area contributed by atoms with Gasteiger partial charge in [0.15, 0.2) is 11.6 Å². The van der Waals surface area contributed by atoms with Crippen LogP contribution in [0.15, 0.2) is 255 Å². The molecule has 0 radical (unpaired) electrons. The van der Waals surface area contributed by atoms with Gasteiger partial charge in [0, 0.05) is 102 Å². The topological polar surface area (TPSA) is 157 Å². The van der Waals surface area contributed by atoms with E-state index in [1.165, 1.54) is 12.1 Å². The first-order valence-corrected chi connectivity index (χ1v) is 28.5. The van der Waals surface area contributed by atoms with Gasteiger partial charge in [-0.2, -0.15) is 0 Å². The lowest BCUT2D eigenvalue weighted by molar-refractivity contribution is 0.0634. The summed E-state index contributed by atoms with van der Waals surface area (Å²) in [5.41, 5.74) is 16.5. The van der Waals surface area contributed by atoms with Crippen LogP contribution in [0.4, 0.5) is 27.5 Å². The van der Waals surface area contributed by atoms with Crippen LogP contribution >= 0.6 is 0 Å². The highest BCUT2D eigenvalue weighted by molar-refractivity contribution is 6.09. The van der Waals surface area contributed by atoms with Gasteiger partial charge in [0.05, 0.1) is 0 Å². The van der Waals surface area contributed by atoms with Gasteiger partial charge in [-0.25, -0.2) is 4.79 Å². The van der Waals surface area contributed by atoms with Crippen LogP contribution in [-0.2, 0) is 17.6 Å². The molecule has 0 aliphatic carbocycles. The molecule has 0 heterocycles. The van der Waals surface area contributed by atoms with Crippen molar-refractivity contribution >= 4 is 52.2 Å². The Morgan fingerprint density at radius 1 is 0.337 bits per heavy atom. The Labute approximate surface area is 519 Å². The minimum atomic E-state index is -0.736. The van der Waals surface area contributed by atoms with E-state index in [4.69, 9.17) is 10.5 Å². The Morgan fingerprint density at radius 2 is 0.652 bits per heavy atom. The summed E-state index contributed by atoms with van der Waals surface area (Å²) in [6.45, 7) is 5.26. The van der Waals surface area contributed by atoms with E-state index in [0.717, 1.165) is 55.6 Å². The summed E-state index contributed by atoms with van der Waals surface area (Å²) in [7, 11) is 0. The van der Waals surface area contributed by atoms with Crippen molar-refractivity contribution in [3.63, 3.8) is 0 Å². The second kappa shape index (κ2) is 30.0. The van der Waals surface area contributed by atoms with Gasteiger partial charge >= 0.3 is 6.09 Å². The van der Waals surface area contributed by atoms with E-state index in [-0.39, 0.29) is 47.1 Å². The lowest BCUT2D eigenvalue weighted by Gasteiger charge is -2.20. The number of carbonyl (C=O) groups excluding carboxylic acids is 5. The second-order valence-electron chi connectivity index (χ2n) is 21.4. The summed E-state index contributed by atoms with van der Waals surface area (Å²) < 4.78 is 5.41. The predicted octanol–water partition coefficient (Wildman–Crippen LogP) is 15.3. The summed E-state index contributed by atoms with van der Waals surface area (Å²) >= 11 is 0. The zero-order valence-corrected chi connectivity index (χ0v) is 49.2. The number of hydrogen-bond donors (Lipinski definition) is 4. The number of amides is 3. The fourth-order valence-corrected chi connectivity index (χ4v) is 8.87. The van der Waals surface area contributed by atoms with Crippen molar-refractivity contribution in [2.24, 2.45) is 0 Å². The maximum Gasteiger partial charge on any atom is 0.412 e. The van der Waals surface area contributed by atoms with Gasteiger partial charge in [-0.05, 0) is 177 Å². The molecular weight excluding hydrogens is 1100 g/mol. The normalized spacial score (nSPS) is 10.2. The number of rotatable bonds is 11. The quantitative estimate of drug-likeness (QED) is 0.0570. The van der Waals surface area contributed by atoms with Gasteiger partial charge < -0.3 is 21.1 Å². The van der Waals surface area contributed by atoms with Crippen molar-refractivity contribution in [3.05, 3.63) is 333 Å². The van der Waals surface area contributed by atoms with E-state index in [0.29, 0.717) is 28.2 Å². The van der Waals surface area contributed by atoms with Crippen molar-refractivity contribution in [2.75, 3.05) is 21.7 Å². The van der Waals surface area contributed by atoms with Crippen LogP contribution in [0, 0.1) is 47.4 Å². The molecule has 89 heavy (non-hydrogen) atoms. The van der Waals surface area contributed by atoms with Gasteiger partial charge in [-0.15, -0.1) is 0 Å². The van der Waals surface area contributed by atoms with E-state index < -0.39 is 17.6 Å². The third-order valence-electron chi connectivity index (χ3n) is 13.0. The molecule has 3 amide bonds. The smallest absolute Gasteiger partial charge is 0.412 e. The molecule has 432 valence electrons. The fourth-order valence-electron chi connectivity index (χ4n) is 8.87. The van der Waals surface area contributed by atoms with Crippen molar-refractivity contribution in [1.82, 2.24) is 0 Å². The molecule has 0 aliphatic heterocycles. The zero-order chi connectivity index (χ0) is 62.4. The lowest BCUT2D eigenvalue weighted by atomic mass is 9.99. The summed E-state index contributed by atoms with van der Waals surface area (Å²) in [5, 5.41) is 8.44. The van der Waals surface area contributed by atoms with Gasteiger partial charge in [0.2, 0.25) is 0 Å². The number of nitrogens with two attached hydrogens (primary N) is 1. The van der Waals surface area contributed by atoms with Crippen LogP contribution in [0.2, 0.25) is 0 Å². The highest BCUT2D eigenvalue weighted by Gasteiger charge is 2.20. The molecule has 0 fully saturated rings. The predicted molar refractivity (Wildman–Crippen MR) is 355 cm³/mol. The average Bonchev–Trinajstić information content (AvgIpc) is 3.73. The Kier molecular flexibility index (Phi) is 20.7. The number of benzene rings is 10. The van der Waals surface area contributed by atoms with Crippen LogP contribution in [0.3, 0.4) is 0 Å². The first-order valence-electron chi connectivity index (χ1n) is 28.5. The van der Waals surface area contributed by atoms with E-state index >= 15 is 0 Å². The minimum absolute atomic E-state index is 0.0694. The number of carbonyl (C=O) groups is 5. The van der Waals surface area contributed by atoms with Gasteiger partial charge in [0.1, 0.15) is 5.60 Å². The van der Waals surface area contributed by atoms with Gasteiger partial charge in [-0.3, -0.25) is 24.5 Å². The number of nitrogen functional groups attached to an aromatic ring is 1. The number of nitrogens with one attached hydrogen (secondary N) is 3. The summed E-state index contributed by atoms with van der Waals surface area (Å²) in [6.07, 6.45) is -0.471. The number of anilines is 4.